The molecule has 0 aliphatic carbocycles. The lowest BCUT2D eigenvalue weighted by Gasteiger charge is -2.51. The van der Waals surface area contributed by atoms with Gasteiger partial charge < -0.3 is 230 Å². The second kappa shape index (κ2) is 40.5. The molecule has 30 N–H and O–H groups in total. The third kappa shape index (κ3) is 20.7. The smallest absolute Gasteiger partial charge is 0.217 e. The van der Waals surface area contributed by atoms with Gasteiger partial charge in [-0.25, -0.2) is 0 Å². The summed E-state index contributed by atoms with van der Waals surface area (Å²) in [6.45, 7) is -8.13. The molecule has 0 aromatic rings. The van der Waals surface area contributed by atoms with Crippen LogP contribution in [-0.4, -0.2) is 492 Å². The van der Waals surface area contributed by atoms with Gasteiger partial charge >= 0.3 is 0 Å². The van der Waals surface area contributed by atoms with Gasteiger partial charge in [-0.05, 0) is 0 Å². The first kappa shape index (κ1) is 91.2. The van der Waals surface area contributed by atoms with Gasteiger partial charge in [0, 0.05) is 20.8 Å². The Labute approximate surface area is 617 Å². The molecule has 8 saturated heterocycles. The Kier molecular flexibility index (Phi) is 33.9. The van der Waals surface area contributed by atoms with Crippen LogP contribution in [0.2, 0.25) is 0 Å². The van der Waals surface area contributed by atoms with Crippen molar-refractivity contribution >= 4 is 17.7 Å². The van der Waals surface area contributed by atoms with Gasteiger partial charge in [0.2, 0.25) is 17.7 Å². The van der Waals surface area contributed by atoms with Crippen molar-refractivity contribution in [3.8, 4) is 0 Å². The lowest BCUT2D eigenvalue weighted by Crippen LogP contribution is -2.70. The zero-order valence-electron chi connectivity index (χ0n) is 58.3. The van der Waals surface area contributed by atoms with E-state index < -0.39 is 354 Å². The van der Waals surface area contributed by atoms with Gasteiger partial charge in [-0.2, -0.15) is 0 Å². The number of ether oxygens (including phenoxy) is 16. The molecule has 8 fully saturated rings. The van der Waals surface area contributed by atoms with Crippen molar-refractivity contribution in [2.24, 2.45) is 0 Å². The number of hydrogen-bond donors (Lipinski definition) is 30. The van der Waals surface area contributed by atoms with Crippen molar-refractivity contribution in [2.75, 3.05) is 66.1 Å². The molecule has 8 heterocycles. The third-order valence-corrected chi connectivity index (χ3v) is 19.6. The fourth-order valence-electron chi connectivity index (χ4n) is 13.5. The first-order chi connectivity index (χ1) is 51.5. The molecule has 634 valence electrons. The number of aliphatic hydroxyl groups excluding tert-OH is 27. The number of hydrogen-bond acceptors (Lipinski definition) is 46. The second-order valence-corrected chi connectivity index (χ2v) is 27.2. The molecule has 0 spiro atoms. The molecule has 49 heteroatoms. The van der Waals surface area contributed by atoms with E-state index in [0.29, 0.717) is 0 Å². The molecule has 0 radical (unpaired) electrons. The van der Waals surface area contributed by atoms with Crippen LogP contribution in [0, 0.1) is 0 Å². The van der Waals surface area contributed by atoms with E-state index in [1.807, 2.05) is 0 Å². The third-order valence-electron chi connectivity index (χ3n) is 19.6. The number of rotatable bonds is 32. The minimum atomic E-state index is -2.60. The van der Waals surface area contributed by atoms with Crippen molar-refractivity contribution in [1.82, 2.24) is 16.0 Å². The molecule has 8 rings (SSSR count). The second-order valence-electron chi connectivity index (χ2n) is 27.2. The van der Waals surface area contributed by atoms with E-state index in [-0.39, 0.29) is 0 Å². The molecule has 8 aliphatic rings. The van der Waals surface area contributed by atoms with Gasteiger partial charge in [0.05, 0.1) is 72.1 Å². The first-order valence-corrected chi connectivity index (χ1v) is 34.6. The fraction of sp³-hybridized carbons (Fsp3) is 0.950. The predicted octanol–water partition coefficient (Wildman–Crippen LogP) is -20.6. The summed E-state index contributed by atoms with van der Waals surface area (Å²) in [5, 5.41) is 303. The maximum absolute atomic E-state index is 12.9. The number of amides is 3. The highest BCUT2D eigenvalue weighted by Crippen LogP contribution is 2.39. The molecule has 0 saturated carbocycles. The number of carbonyl (C=O) groups excluding carboxylic acids is 3. The quantitative estimate of drug-likeness (QED) is 0.0297. The zero-order valence-corrected chi connectivity index (χ0v) is 58.3. The zero-order chi connectivity index (χ0) is 80.6. The fourth-order valence-corrected chi connectivity index (χ4v) is 13.5. The van der Waals surface area contributed by atoms with Crippen molar-refractivity contribution in [3.63, 3.8) is 0 Å². The summed E-state index contributed by atoms with van der Waals surface area (Å²) in [5.41, 5.74) is 0. The topological polar surface area (TPSA) is 781 Å². The summed E-state index contributed by atoms with van der Waals surface area (Å²) < 4.78 is 93.6. The van der Waals surface area contributed by atoms with Crippen LogP contribution in [0.5, 0.6) is 0 Å². The summed E-state index contributed by atoms with van der Waals surface area (Å²) in [5.74, 6) is -2.76. The van der Waals surface area contributed by atoms with Crippen molar-refractivity contribution in [1.29, 1.82) is 0 Å². The molecule has 0 aromatic heterocycles. The van der Waals surface area contributed by atoms with Crippen LogP contribution in [0.1, 0.15) is 20.8 Å². The minimum absolute atomic E-state index is 0.813. The largest absolute Gasteiger partial charge is 0.394 e. The monoisotopic (exact) mass is 1600 g/mol. The average molecular weight is 1600 g/mol. The van der Waals surface area contributed by atoms with Crippen LogP contribution >= 0.6 is 0 Å². The Morgan fingerprint density at radius 1 is 0.312 bits per heavy atom. The Hall–Kier alpha value is -3.31. The van der Waals surface area contributed by atoms with Crippen LogP contribution in [0.25, 0.3) is 0 Å². The highest BCUT2D eigenvalue weighted by molar-refractivity contribution is 5.74. The van der Waals surface area contributed by atoms with Crippen molar-refractivity contribution in [2.45, 2.75) is 291 Å². The molecule has 49 nitrogen and oxygen atoms in total. The van der Waals surface area contributed by atoms with Crippen molar-refractivity contribution in [3.05, 3.63) is 0 Å². The van der Waals surface area contributed by atoms with Gasteiger partial charge in [0.25, 0.3) is 0 Å². The Balaban J connectivity index is 1.15. The molecule has 0 unspecified atom stereocenters. The van der Waals surface area contributed by atoms with Gasteiger partial charge in [-0.3, -0.25) is 14.4 Å². The molecule has 44 atom stereocenters. The molecule has 0 bridgehead atoms. The highest BCUT2D eigenvalue weighted by Gasteiger charge is 2.60. The SMILES string of the molecule is CC(=O)N[C@H]1[C@H](O[C@@H]([C@H](O)[C@H](CO)NC(C)=O)[C@H](O)CO)O[C@H](CO)[C@@H](O[C@@H]2O[C@H](CO[C@H]3O[C@H](CO[C@H]4O[C@H](CO)[C@@H](O)[C@H](O)[C@@H]4O)[C@@H](O)[C@H](O[C@H]4O[C@H](CO)[C@@H](O)[C@H](O)[C@@H]4O)[C@@H]3O)[C@@H](O)[C@H](O[C@H]3O[C@H](CO)[C@@H](O)[C@H](O)[C@@H]3O[C@@H]3O[C@H](CO)[C@@H](O[C@@H]4O[C@H](CO)[C@H](O)[C@H](O)[C@H]4O)[C@H](O)[C@H]3NC(C)=O)[C@@H]2O)[C@@H]1O. The van der Waals surface area contributed by atoms with E-state index in [1.165, 1.54) is 0 Å². The van der Waals surface area contributed by atoms with Gasteiger partial charge in [-0.15, -0.1) is 0 Å². The van der Waals surface area contributed by atoms with Crippen LogP contribution in [0.3, 0.4) is 0 Å². The van der Waals surface area contributed by atoms with Crippen LogP contribution in [0.4, 0.5) is 0 Å². The normalized spacial score (nSPS) is 47.0. The van der Waals surface area contributed by atoms with Crippen LogP contribution in [-0.2, 0) is 90.2 Å². The minimum Gasteiger partial charge on any atom is -0.394 e. The average Bonchev–Trinajstić information content (AvgIpc) is 0.767. The van der Waals surface area contributed by atoms with Crippen molar-refractivity contribution < 1.29 is 228 Å². The van der Waals surface area contributed by atoms with E-state index in [9.17, 15) is 152 Å². The van der Waals surface area contributed by atoms with E-state index >= 15 is 0 Å². The van der Waals surface area contributed by atoms with E-state index in [4.69, 9.17) is 75.8 Å². The van der Waals surface area contributed by atoms with Gasteiger partial charge in [-0.1, -0.05) is 0 Å². The number of carbonyl (C=O) groups is 3. The maximum Gasteiger partial charge on any atom is 0.217 e. The molecule has 0 aromatic carbocycles. The summed E-state index contributed by atoms with van der Waals surface area (Å²) in [4.78, 5) is 37.9. The highest BCUT2D eigenvalue weighted by atomic mass is 16.8. The summed E-state index contributed by atoms with van der Waals surface area (Å²) in [7, 11) is 0. The summed E-state index contributed by atoms with van der Waals surface area (Å²) in [6.07, 6.45) is -87.1. The first-order valence-electron chi connectivity index (χ1n) is 34.6. The Bertz CT molecular complexity index is 2790. The number of nitrogens with one attached hydrogen (secondary N) is 3. The van der Waals surface area contributed by atoms with Gasteiger partial charge in [0.1, 0.15) is 214 Å². The summed E-state index contributed by atoms with van der Waals surface area (Å²) >= 11 is 0. The Morgan fingerprint density at radius 2 is 0.633 bits per heavy atom. The maximum atomic E-state index is 12.9. The number of aliphatic hydroxyl groups is 27. The van der Waals surface area contributed by atoms with E-state index in [1.54, 1.807) is 0 Å². The molecule has 8 aliphatic heterocycles. The Morgan fingerprint density at radius 3 is 1.05 bits per heavy atom. The van der Waals surface area contributed by atoms with Gasteiger partial charge in [0.15, 0.2) is 50.3 Å². The van der Waals surface area contributed by atoms with E-state index in [0.717, 1.165) is 20.8 Å². The van der Waals surface area contributed by atoms with Crippen LogP contribution < -0.4 is 16.0 Å². The molecule has 109 heavy (non-hydrogen) atoms. The molecular weight excluding hydrogens is 1500 g/mol. The standard InChI is InChI=1S/C60H103N3O46/c1-14(72)61-17(4-64)29(76)47(18(75)5-65)104-53-27(62-15(2)73)36(83)49(24(11-71)100-53)106-59-46(93)51(108-60-52(41(88)33(80)22(9-69)99-60)109-54-28(63-16(3)74)37(84)48(23(10-70)101-54)105-57-43(90)39(86)31(78)20(7-67)97-57)35(82)26(103-59)13-95-56-45(92)50(107-58-44(91)40(87)32(79)21(8-68)98-58)34(81)25(102-56)12-94-55-42(89)38(85)30(77)19(6-66)96-55/h17-60,64-71,75-93H,4-13H2,1-3H3,(H,61,72)(H,62,73)(H,63,74)/t17-,18+,19+,20+,21+,22+,23+,24+,25+,26+,27+,28+,29+,30+,31-,32+,33+,34+,35+,36+,37+,38-,39-,40-,41-,42-,43+,44-,45-,46-,47+,48+,49+,50-,51-,52-,53-,54-,55-,56-,57-,58+,59-,60+/m0/s1. The molecular formula is C60H103N3O46. The van der Waals surface area contributed by atoms with E-state index in [2.05, 4.69) is 16.0 Å². The lowest BCUT2D eigenvalue weighted by molar-refractivity contribution is -0.398. The van der Waals surface area contributed by atoms with Crippen LogP contribution in [0.15, 0.2) is 0 Å². The summed E-state index contributed by atoms with van der Waals surface area (Å²) in [6, 6.07) is -5.59. The lowest BCUT2D eigenvalue weighted by atomic mass is 9.94. The molecule has 3 amide bonds. The predicted molar refractivity (Wildman–Crippen MR) is 334 cm³/mol.